The van der Waals surface area contributed by atoms with Gasteiger partial charge in [-0.25, -0.2) is 13.6 Å². The number of hydrogen-bond donors (Lipinski definition) is 1. The number of ether oxygens (including phenoxy) is 1. The summed E-state index contributed by atoms with van der Waals surface area (Å²) in [5, 5.41) is 2.33. The van der Waals surface area contributed by atoms with Crippen LogP contribution in [0.3, 0.4) is 0 Å². The van der Waals surface area contributed by atoms with Crippen LogP contribution in [0.15, 0.2) is 30.3 Å². The summed E-state index contributed by atoms with van der Waals surface area (Å²) in [6.07, 6.45) is 5.28. The van der Waals surface area contributed by atoms with Crippen LogP contribution in [0.5, 0.6) is 0 Å². The van der Waals surface area contributed by atoms with Crippen LogP contribution < -0.4 is 5.32 Å². The van der Waals surface area contributed by atoms with Gasteiger partial charge in [0.15, 0.2) is 18.2 Å². The minimum atomic E-state index is -1.07. The van der Waals surface area contributed by atoms with Crippen LogP contribution in [0.25, 0.3) is 6.08 Å². The number of aromatic nitrogens is 1. The molecule has 0 unspecified atom stereocenters. The number of rotatable bonds is 6. The van der Waals surface area contributed by atoms with E-state index in [2.05, 4.69) is 9.88 Å². The molecule has 1 fully saturated rings. The van der Waals surface area contributed by atoms with Crippen LogP contribution >= 0.6 is 0 Å². The zero-order valence-corrected chi connectivity index (χ0v) is 15.1. The van der Waals surface area contributed by atoms with E-state index in [4.69, 9.17) is 4.74 Å². The number of carbonyl (C=O) groups is 2. The van der Waals surface area contributed by atoms with E-state index in [9.17, 15) is 18.4 Å². The molecule has 1 N–H and O–H groups in total. The fourth-order valence-electron chi connectivity index (χ4n) is 2.98. The number of nitrogens with zero attached hydrogens (tertiary/aromatic N) is 1. The van der Waals surface area contributed by atoms with E-state index in [0.29, 0.717) is 6.04 Å². The van der Waals surface area contributed by atoms with E-state index in [1.807, 2.05) is 19.9 Å². The van der Waals surface area contributed by atoms with Crippen molar-refractivity contribution in [3.63, 3.8) is 0 Å². The minimum Gasteiger partial charge on any atom is -0.452 e. The summed E-state index contributed by atoms with van der Waals surface area (Å²) in [5.74, 6) is -3.39. The summed E-state index contributed by atoms with van der Waals surface area (Å²) >= 11 is 0. The Labute approximate surface area is 155 Å². The van der Waals surface area contributed by atoms with Crippen molar-refractivity contribution in [3.8, 4) is 0 Å². The van der Waals surface area contributed by atoms with Crippen molar-refractivity contribution in [1.82, 2.24) is 4.57 Å². The molecule has 0 spiro atoms. The molecule has 1 saturated carbocycles. The Hall–Kier alpha value is -2.96. The SMILES string of the molecule is Cc1cc(/C=C/C(=O)OCC(=O)Nc2ccc(F)c(F)c2)c(C)n1C1CC1. The number of benzene rings is 1. The third-order valence-electron chi connectivity index (χ3n) is 4.38. The zero-order chi connectivity index (χ0) is 19.6. The number of carbonyl (C=O) groups excluding carboxylic acids is 2. The molecule has 1 heterocycles. The number of nitrogens with one attached hydrogen (secondary N) is 1. The fraction of sp³-hybridized carbons (Fsp3) is 0.300. The summed E-state index contributed by atoms with van der Waals surface area (Å²) in [6.45, 7) is 3.51. The number of halogens is 2. The molecule has 142 valence electrons. The van der Waals surface area contributed by atoms with Gasteiger partial charge in [-0.2, -0.15) is 0 Å². The fourth-order valence-corrected chi connectivity index (χ4v) is 2.98. The van der Waals surface area contributed by atoms with Crippen molar-refractivity contribution >= 4 is 23.6 Å². The number of hydrogen-bond acceptors (Lipinski definition) is 3. The van der Waals surface area contributed by atoms with Crippen LogP contribution in [0.1, 0.15) is 35.8 Å². The average Bonchev–Trinajstić information content (AvgIpc) is 3.40. The minimum absolute atomic E-state index is 0.0815. The van der Waals surface area contributed by atoms with Gasteiger partial charge in [0.1, 0.15) is 0 Å². The lowest BCUT2D eigenvalue weighted by Gasteiger charge is -2.06. The first-order chi connectivity index (χ1) is 12.8. The molecule has 0 bridgehead atoms. The van der Waals surface area contributed by atoms with Crippen LogP contribution in [0.4, 0.5) is 14.5 Å². The lowest BCUT2D eigenvalue weighted by atomic mass is 10.2. The van der Waals surface area contributed by atoms with E-state index in [0.717, 1.165) is 29.1 Å². The number of aryl methyl sites for hydroxylation is 1. The van der Waals surface area contributed by atoms with Gasteiger partial charge in [0.2, 0.25) is 0 Å². The average molecular weight is 374 g/mol. The Bertz CT molecular complexity index is 914. The molecule has 0 radical (unpaired) electrons. The predicted molar refractivity (Wildman–Crippen MR) is 97.2 cm³/mol. The van der Waals surface area contributed by atoms with E-state index < -0.39 is 30.1 Å². The molecule has 7 heteroatoms. The molecule has 1 aliphatic rings. The maximum atomic E-state index is 13.1. The molecule has 5 nitrogen and oxygen atoms in total. The number of esters is 1. The van der Waals surface area contributed by atoms with Crippen molar-refractivity contribution in [3.05, 3.63) is 58.9 Å². The van der Waals surface area contributed by atoms with Gasteiger partial charge in [-0.15, -0.1) is 0 Å². The van der Waals surface area contributed by atoms with Crippen LogP contribution in [0.2, 0.25) is 0 Å². The second kappa shape index (κ2) is 7.73. The highest BCUT2D eigenvalue weighted by molar-refractivity contribution is 5.94. The summed E-state index contributed by atoms with van der Waals surface area (Å²) < 4.78 is 33.1. The molecule has 1 aliphatic carbocycles. The largest absolute Gasteiger partial charge is 0.452 e. The highest BCUT2D eigenvalue weighted by Crippen LogP contribution is 2.38. The molecular weight excluding hydrogens is 354 g/mol. The maximum absolute atomic E-state index is 13.1. The van der Waals surface area contributed by atoms with Crippen molar-refractivity contribution in [2.75, 3.05) is 11.9 Å². The predicted octanol–water partition coefficient (Wildman–Crippen LogP) is 3.91. The molecule has 2 aromatic rings. The molecule has 1 aromatic carbocycles. The van der Waals surface area contributed by atoms with Gasteiger partial charge < -0.3 is 14.6 Å². The van der Waals surface area contributed by atoms with E-state index in [1.165, 1.54) is 25.0 Å². The van der Waals surface area contributed by atoms with Crippen molar-refractivity contribution in [2.24, 2.45) is 0 Å². The summed E-state index contributed by atoms with van der Waals surface area (Å²) in [6, 6.07) is 5.53. The van der Waals surface area contributed by atoms with Gasteiger partial charge in [0.25, 0.3) is 5.91 Å². The normalized spacial score (nSPS) is 13.8. The summed E-state index contributed by atoms with van der Waals surface area (Å²) in [4.78, 5) is 23.6. The van der Waals surface area contributed by atoms with Crippen LogP contribution in [-0.2, 0) is 14.3 Å². The number of anilines is 1. The topological polar surface area (TPSA) is 60.3 Å². The van der Waals surface area contributed by atoms with Gasteiger partial charge in [0, 0.05) is 35.3 Å². The Balaban J connectivity index is 1.52. The molecule has 0 atom stereocenters. The third kappa shape index (κ3) is 4.61. The Kier molecular flexibility index (Phi) is 5.39. The highest BCUT2D eigenvalue weighted by atomic mass is 19.2. The Morgan fingerprint density at radius 3 is 2.63 bits per heavy atom. The maximum Gasteiger partial charge on any atom is 0.331 e. The van der Waals surface area contributed by atoms with Crippen LogP contribution in [-0.4, -0.2) is 23.1 Å². The molecular formula is C20H20F2N2O3. The second-order valence-electron chi connectivity index (χ2n) is 6.55. The summed E-state index contributed by atoms with van der Waals surface area (Å²) in [5.41, 5.74) is 3.25. The third-order valence-corrected chi connectivity index (χ3v) is 4.38. The zero-order valence-electron chi connectivity index (χ0n) is 15.1. The van der Waals surface area contributed by atoms with E-state index in [-0.39, 0.29) is 5.69 Å². The first-order valence-corrected chi connectivity index (χ1v) is 8.63. The van der Waals surface area contributed by atoms with Crippen molar-refractivity contribution in [1.29, 1.82) is 0 Å². The molecule has 27 heavy (non-hydrogen) atoms. The molecule has 0 aliphatic heterocycles. The molecule has 1 amide bonds. The second-order valence-corrected chi connectivity index (χ2v) is 6.55. The Morgan fingerprint density at radius 1 is 1.22 bits per heavy atom. The van der Waals surface area contributed by atoms with Gasteiger partial charge in [0.05, 0.1) is 0 Å². The summed E-state index contributed by atoms with van der Waals surface area (Å²) in [7, 11) is 0. The van der Waals surface area contributed by atoms with Gasteiger partial charge in [-0.1, -0.05) is 0 Å². The van der Waals surface area contributed by atoms with Gasteiger partial charge >= 0.3 is 5.97 Å². The van der Waals surface area contributed by atoms with E-state index >= 15 is 0 Å². The quantitative estimate of drug-likeness (QED) is 0.616. The lowest BCUT2D eigenvalue weighted by molar-refractivity contribution is -0.142. The Morgan fingerprint density at radius 2 is 1.96 bits per heavy atom. The highest BCUT2D eigenvalue weighted by Gasteiger charge is 2.26. The van der Waals surface area contributed by atoms with Crippen molar-refractivity contribution in [2.45, 2.75) is 32.7 Å². The smallest absolute Gasteiger partial charge is 0.331 e. The monoisotopic (exact) mass is 374 g/mol. The number of amides is 1. The van der Waals surface area contributed by atoms with Gasteiger partial charge in [-0.05, 0) is 56.5 Å². The molecule has 3 rings (SSSR count). The first-order valence-electron chi connectivity index (χ1n) is 8.63. The van der Waals surface area contributed by atoms with Crippen LogP contribution in [0, 0.1) is 25.5 Å². The molecule has 1 aromatic heterocycles. The first kappa shape index (κ1) is 18.8. The lowest BCUT2D eigenvalue weighted by Crippen LogP contribution is -2.20. The van der Waals surface area contributed by atoms with Gasteiger partial charge in [-0.3, -0.25) is 4.79 Å². The molecule has 0 saturated heterocycles. The van der Waals surface area contributed by atoms with E-state index in [1.54, 1.807) is 6.08 Å². The standard InChI is InChI=1S/C20H20F2N2O3/c1-12-9-14(13(2)24(12)16-5-6-16)3-8-20(26)27-11-19(25)23-15-4-7-17(21)18(22)10-15/h3-4,7-10,16H,5-6,11H2,1-2H3,(H,23,25)/b8-3+. The van der Waals surface area contributed by atoms with Crippen molar-refractivity contribution < 1.29 is 23.1 Å².